The van der Waals surface area contributed by atoms with Gasteiger partial charge >= 0.3 is 0 Å². The second-order valence-corrected chi connectivity index (χ2v) is 14.4. The highest BCUT2D eigenvalue weighted by Crippen LogP contribution is 2.41. The fourth-order valence-electron chi connectivity index (χ4n) is 8.62. The molecule has 0 saturated heterocycles. The lowest BCUT2D eigenvalue weighted by molar-refractivity contribution is 0.669. The van der Waals surface area contributed by atoms with Crippen molar-refractivity contribution in [1.29, 1.82) is 0 Å². The fraction of sp³-hybridized carbons (Fsp3) is 0. The quantitative estimate of drug-likeness (QED) is 0.182. The van der Waals surface area contributed by atoms with Gasteiger partial charge in [-0.3, -0.25) is 0 Å². The number of hydrogen-bond acceptors (Lipinski definition) is 4. The average Bonchev–Trinajstić information content (AvgIpc) is 3.83. The SMILES string of the molecule is c1ccc(-c2nc(-c3ccc(-n4c5ccc6ccccc6c5c5c6ccccc6ccc54)cc3)nc(-c3ccc4c(c3)oc3ccc5ccccc5c34)n2)cc1. The maximum Gasteiger partial charge on any atom is 0.164 e. The van der Waals surface area contributed by atoms with Gasteiger partial charge in [-0.05, 0) is 86.9 Å². The molecule has 9 aromatic carbocycles. The van der Waals surface area contributed by atoms with Crippen molar-refractivity contribution in [2.45, 2.75) is 0 Å². The van der Waals surface area contributed by atoms with E-state index in [1.807, 2.05) is 30.3 Å². The van der Waals surface area contributed by atoms with E-state index in [1.165, 1.54) is 54.1 Å². The molecule has 0 aliphatic rings. The summed E-state index contributed by atoms with van der Waals surface area (Å²) in [5.74, 6) is 1.81. The van der Waals surface area contributed by atoms with Crippen LogP contribution in [0.4, 0.5) is 0 Å². The van der Waals surface area contributed by atoms with E-state index in [4.69, 9.17) is 19.4 Å². The Labute approximate surface area is 320 Å². The highest BCUT2D eigenvalue weighted by Gasteiger charge is 2.19. The molecule has 0 aliphatic heterocycles. The molecule has 0 bridgehead atoms. The number of fused-ring (bicyclic) bond motifs is 12. The van der Waals surface area contributed by atoms with Crippen molar-refractivity contribution < 1.29 is 4.42 Å². The summed E-state index contributed by atoms with van der Waals surface area (Å²) in [5.41, 5.74) is 7.77. The van der Waals surface area contributed by atoms with Crippen molar-refractivity contribution in [1.82, 2.24) is 19.5 Å². The van der Waals surface area contributed by atoms with Gasteiger partial charge in [-0.1, -0.05) is 127 Å². The highest BCUT2D eigenvalue weighted by atomic mass is 16.3. The molecule has 0 unspecified atom stereocenters. The first-order valence-corrected chi connectivity index (χ1v) is 18.9. The zero-order valence-electron chi connectivity index (χ0n) is 30.0. The molecule has 0 N–H and O–H groups in total. The Hall–Kier alpha value is -7.63. The first-order valence-electron chi connectivity index (χ1n) is 18.9. The van der Waals surface area contributed by atoms with Crippen LogP contribution in [0.15, 0.2) is 186 Å². The first-order chi connectivity index (χ1) is 27.7. The Morgan fingerprint density at radius 2 is 0.821 bits per heavy atom. The van der Waals surface area contributed by atoms with Crippen LogP contribution in [0.25, 0.3) is 116 Å². The number of benzene rings is 9. The van der Waals surface area contributed by atoms with Gasteiger partial charge < -0.3 is 8.98 Å². The van der Waals surface area contributed by atoms with Crippen LogP contribution in [0.1, 0.15) is 0 Å². The predicted octanol–water partition coefficient (Wildman–Crippen LogP) is 13.3. The molecular weight excluding hydrogens is 685 g/mol. The molecule has 0 amide bonds. The molecule has 0 atom stereocenters. The van der Waals surface area contributed by atoms with E-state index in [2.05, 4.69) is 156 Å². The standard InChI is InChI=1S/C51H30N4O/c1-2-13-34(14-3-1)49-52-50(54-51(53-49)36-20-26-41-45(30-36)56-44-29-23-33-12-4-7-15-38(33)46(41)44)35-18-24-37(25-19-35)55-42-27-21-31-10-5-8-16-39(31)47(42)48-40-17-9-6-11-32(40)22-28-43(48)55/h1-30H. The number of aromatic nitrogens is 4. The Bertz CT molecular complexity index is 3430. The van der Waals surface area contributed by atoms with E-state index in [9.17, 15) is 0 Å². The molecule has 3 aromatic heterocycles. The van der Waals surface area contributed by atoms with E-state index in [-0.39, 0.29) is 0 Å². The van der Waals surface area contributed by atoms with Crippen LogP contribution in [0.3, 0.4) is 0 Å². The number of furan rings is 1. The maximum absolute atomic E-state index is 6.44. The van der Waals surface area contributed by atoms with Crippen LogP contribution in [-0.2, 0) is 0 Å². The van der Waals surface area contributed by atoms with Crippen molar-refractivity contribution in [3.63, 3.8) is 0 Å². The molecule has 5 heteroatoms. The lowest BCUT2D eigenvalue weighted by Gasteiger charge is -2.11. The second kappa shape index (κ2) is 11.9. The molecule has 56 heavy (non-hydrogen) atoms. The van der Waals surface area contributed by atoms with Crippen LogP contribution >= 0.6 is 0 Å². The largest absolute Gasteiger partial charge is 0.456 e. The van der Waals surface area contributed by atoms with Crippen molar-refractivity contribution in [3.05, 3.63) is 182 Å². The number of hydrogen-bond donors (Lipinski definition) is 0. The van der Waals surface area contributed by atoms with Gasteiger partial charge in [0.25, 0.3) is 0 Å². The lowest BCUT2D eigenvalue weighted by atomic mass is 10.00. The van der Waals surface area contributed by atoms with Crippen LogP contribution in [0.5, 0.6) is 0 Å². The van der Waals surface area contributed by atoms with Crippen molar-refractivity contribution in [2.24, 2.45) is 0 Å². The normalized spacial score (nSPS) is 11.9. The summed E-state index contributed by atoms with van der Waals surface area (Å²) in [5, 5.41) is 12.1. The Morgan fingerprint density at radius 1 is 0.339 bits per heavy atom. The average molecular weight is 715 g/mol. The minimum Gasteiger partial charge on any atom is -0.456 e. The van der Waals surface area contributed by atoms with Crippen LogP contribution in [0, 0.1) is 0 Å². The zero-order valence-corrected chi connectivity index (χ0v) is 30.0. The van der Waals surface area contributed by atoms with Gasteiger partial charge in [0.15, 0.2) is 17.5 Å². The minimum atomic E-state index is 0.589. The number of nitrogens with zero attached hydrogens (tertiary/aromatic N) is 4. The minimum absolute atomic E-state index is 0.589. The third-order valence-corrected chi connectivity index (χ3v) is 11.2. The molecule has 0 fully saturated rings. The summed E-state index contributed by atoms with van der Waals surface area (Å²) in [7, 11) is 0. The summed E-state index contributed by atoms with van der Waals surface area (Å²) >= 11 is 0. The second-order valence-electron chi connectivity index (χ2n) is 14.4. The smallest absolute Gasteiger partial charge is 0.164 e. The zero-order chi connectivity index (χ0) is 36.7. The predicted molar refractivity (Wildman–Crippen MR) is 230 cm³/mol. The topological polar surface area (TPSA) is 56.7 Å². The van der Waals surface area contributed by atoms with Gasteiger partial charge in [0.05, 0.1) is 11.0 Å². The molecule has 12 aromatic rings. The van der Waals surface area contributed by atoms with Gasteiger partial charge in [-0.15, -0.1) is 0 Å². The Balaban J connectivity index is 1.02. The summed E-state index contributed by atoms with van der Waals surface area (Å²) in [6, 6.07) is 63.9. The maximum atomic E-state index is 6.44. The summed E-state index contributed by atoms with van der Waals surface area (Å²) < 4.78 is 8.82. The molecule has 0 saturated carbocycles. The highest BCUT2D eigenvalue weighted by molar-refractivity contribution is 6.28. The monoisotopic (exact) mass is 714 g/mol. The van der Waals surface area contributed by atoms with E-state index in [0.717, 1.165) is 44.3 Å². The van der Waals surface area contributed by atoms with Gasteiger partial charge in [0, 0.05) is 43.9 Å². The molecule has 0 radical (unpaired) electrons. The first kappa shape index (κ1) is 30.8. The third-order valence-electron chi connectivity index (χ3n) is 11.2. The van der Waals surface area contributed by atoms with Gasteiger partial charge in [0.1, 0.15) is 11.2 Å². The van der Waals surface area contributed by atoms with E-state index < -0.39 is 0 Å². The van der Waals surface area contributed by atoms with Crippen molar-refractivity contribution in [2.75, 3.05) is 0 Å². The fourth-order valence-corrected chi connectivity index (χ4v) is 8.62. The summed E-state index contributed by atoms with van der Waals surface area (Å²) in [6.45, 7) is 0. The number of rotatable bonds is 4. The van der Waals surface area contributed by atoms with Crippen molar-refractivity contribution >= 4 is 76.1 Å². The Morgan fingerprint density at radius 3 is 1.43 bits per heavy atom. The van der Waals surface area contributed by atoms with Crippen LogP contribution in [0.2, 0.25) is 0 Å². The van der Waals surface area contributed by atoms with Crippen molar-refractivity contribution in [3.8, 4) is 39.9 Å². The van der Waals surface area contributed by atoms with Gasteiger partial charge in [-0.25, -0.2) is 15.0 Å². The Kier molecular flexibility index (Phi) is 6.56. The molecule has 3 heterocycles. The molecular formula is C51H30N4O. The third kappa shape index (κ3) is 4.64. The molecule has 12 rings (SSSR count). The molecule has 0 spiro atoms. The lowest BCUT2D eigenvalue weighted by Crippen LogP contribution is -2.00. The van der Waals surface area contributed by atoms with E-state index in [0.29, 0.717) is 17.5 Å². The van der Waals surface area contributed by atoms with E-state index in [1.54, 1.807) is 0 Å². The van der Waals surface area contributed by atoms with E-state index >= 15 is 0 Å². The van der Waals surface area contributed by atoms with Gasteiger partial charge in [-0.2, -0.15) is 0 Å². The molecule has 260 valence electrons. The van der Waals surface area contributed by atoms with Gasteiger partial charge in [0.2, 0.25) is 0 Å². The summed E-state index contributed by atoms with van der Waals surface area (Å²) in [4.78, 5) is 15.2. The van der Waals surface area contributed by atoms with Crippen LogP contribution in [-0.4, -0.2) is 19.5 Å². The molecule has 0 aliphatic carbocycles. The molecule has 5 nitrogen and oxygen atoms in total. The summed E-state index contributed by atoms with van der Waals surface area (Å²) in [6.07, 6.45) is 0. The van der Waals surface area contributed by atoms with Crippen LogP contribution < -0.4 is 0 Å².